The van der Waals surface area contributed by atoms with Gasteiger partial charge in [0, 0.05) is 13.1 Å². The van der Waals surface area contributed by atoms with Crippen molar-refractivity contribution in [1.29, 1.82) is 0 Å². The van der Waals surface area contributed by atoms with E-state index in [0.29, 0.717) is 13.0 Å². The fourth-order valence-corrected chi connectivity index (χ4v) is 3.00. The van der Waals surface area contributed by atoms with Gasteiger partial charge in [-0.1, -0.05) is 36.8 Å². The van der Waals surface area contributed by atoms with Crippen LogP contribution in [0.4, 0.5) is 4.79 Å². The first-order valence-corrected chi connectivity index (χ1v) is 7.71. The molecule has 0 aromatic heterocycles. The van der Waals surface area contributed by atoms with Gasteiger partial charge in [0.15, 0.2) is 0 Å². The van der Waals surface area contributed by atoms with Crippen LogP contribution < -0.4 is 5.32 Å². The molecule has 2 rings (SSSR count). The van der Waals surface area contributed by atoms with Crippen LogP contribution in [0.2, 0.25) is 0 Å². The summed E-state index contributed by atoms with van der Waals surface area (Å²) >= 11 is 0. The van der Waals surface area contributed by atoms with Crippen molar-refractivity contribution in [2.75, 3.05) is 13.1 Å². The molecule has 1 saturated heterocycles. The molecule has 3 unspecified atom stereocenters. The fourth-order valence-electron chi connectivity index (χ4n) is 3.00. The summed E-state index contributed by atoms with van der Waals surface area (Å²) in [7, 11) is 0. The van der Waals surface area contributed by atoms with E-state index < -0.39 is 11.9 Å². The van der Waals surface area contributed by atoms with Gasteiger partial charge in [-0.05, 0) is 31.7 Å². The fraction of sp³-hybridized carbons (Fsp3) is 0.529. The average Bonchev–Trinajstić information content (AvgIpc) is 2.46. The molecule has 1 aliphatic heterocycles. The third kappa shape index (κ3) is 4.00. The molecule has 5 heteroatoms. The van der Waals surface area contributed by atoms with Gasteiger partial charge in [-0.15, -0.1) is 0 Å². The topological polar surface area (TPSA) is 69.6 Å². The van der Waals surface area contributed by atoms with Gasteiger partial charge < -0.3 is 15.3 Å². The van der Waals surface area contributed by atoms with Crippen LogP contribution >= 0.6 is 0 Å². The molecule has 0 radical (unpaired) electrons. The predicted molar refractivity (Wildman–Crippen MR) is 84.6 cm³/mol. The van der Waals surface area contributed by atoms with E-state index in [0.717, 1.165) is 11.1 Å². The number of amides is 2. The molecule has 0 aliphatic carbocycles. The summed E-state index contributed by atoms with van der Waals surface area (Å²) in [4.78, 5) is 25.2. The van der Waals surface area contributed by atoms with E-state index in [9.17, 15) is 14.7 Å². The number of likely N-dealkylation sites (tertiary alicyclic amines) is 1. The number of nitrogens with zero attached hydrogens (tertiary/aromatic N) is 1. The van der Waals surface area contributed by atoms with Gasteiger partial charge in [-0.2, -0.15) is 0 Å². The maximum absolute atomic E-state index is 12.4. The summed E-state index contributed by atoms with van der Waals surface area (Å²) in [6.45, 7) is 6.83. The third-order valence-electron chi connectivity index (χ3n) is 4.18. The van der Waals surface area contributed by atoms with Gasteiger partial charge in [0.25, 0.3) is 0 Å². The Labute approximate surface area is 131 Å². The first-order valence-electron chi connectivity index (χ1n) is 7.71. The second-order valence-electron chi connectivity index (χ2n) is 6.37. The van der Waals surface area contributed by atoms with Crippen LogP contribution in [-0.4, -0.2) is 35.1 Å². The van der Waals surface area contributed by atoms with Crippen molar-refractivity contribution in [2.24, 2.45) is 11.8 Å². The number of benzene rings is 1. The van der Waals surface area contributed by atoms with Crippen LogP contribution in [0.25, 0.3) is 0 Å². The van der Waals surface area contributed by atoms with Crippen LogP contribution in [0.15, 0.2) is 24.3 Å². The molecular formula is C17H24N2O3. The summed E-state index contributed by atoms with van der Waals surface area (Å²) in [5.74, 6) is -1.09. The summed E-state index contributed by atoms with van der Waals surface area (Å²) in [6.07, 6.45) is 0.631. The Morgan fingerprint density at radius 3 is 2.73 bits per heavy atom. The molecular weight excluding hydrogens is 280 g/mol. The minimum atomic E-state index is -0.823. The van der Waals surface area contributed by atoms with E-state index >= 15 is 0 Å². The minimum Gasteiger partial charge on any atom is -0.481 e. The largest absolute Gasteiger partial charge is 0.481 e. The Hall–Kier alpha value is -2.04. The quantitative estimate of drug-likeness (QED) is 0.902. The standard InChI is InChI=1S/C17H24N2O3/c1-11-5-4-6-14(7-11)13(3)18-17(22)19-9-12(2)8-15(10-19)16(20)21/h4-7,12-13,15H,8-10H2,1-3H3,(H,18,22)(H,20,21). The van der Waals surface area contributed by atoms with Crippen molar-refractivity contribution in [1.82, 2.24) is 10.2 Å². The van der Waals surface area contributed by atoms with Crippen LogP contribution in [-0.2, 0) is 4.79 Å². The molecule has 2 N–H and O–H groups in total. The molecule has 3 atom stereocenters. The first kappa shape index (κ1) is 16.3. The van der Waals surface area contributed by atoms with Crippen molar-refractivity contribution in [3.05, 3.63) is 35.4 Å². The van der Waals surface area contributed by atoms with Crippen molar-refractivity contribution >= 4 is 12.0 Å². The monoisotopic (exact) mass is 304 g/mol. The smallest absolute Gasteiger partial charge is 0.317 e. The highest BCUT2D eigenvalue weighted by atomic mass is 16.4. The molecule has 0 saturated carbocycles. The summed E-state index contributed by atoms with van der Waals surface area (Å²) < 4.78 is 0. The Morgan fingerprint density at radius 2 is 2.09 bits per heavy atom. The molecule has 1 fully saturated rings. The Bertz CT molecular complexity index is 559. The molecule has 2 amide bonds. The third-order valence-corrected chi connectivity index (χ3v) is 4.18. The number of carboxylic acids is 1. The number of nitrogens with one attached hydrogen (secondary N) is 1. The summed E-state index contributed by atoms with van der Waals surface area (Å²) in [6, 6.07) is 7.72. The molecule has 5 nitrogen and oxygen atoms in total. The van der Waals surface area contributed by atoms with E-state index in [2.05, 4.69) is 5.32 Å². The number of rotatable bonds is 3. The van der Waals surface area contributed by atoms with Gasteiger partial charge in [-0.25, -0.2) is 4.79 Å². The Morgan fingerprint density at radius 1 is 1.36 bits per heavy atom. The zero-order valence-electron chi connectivity index (χ0n) is 13.4. The van der Waals surface area contributed by atoms with Gasteiger partial charge >= 0.3 is 12.0 Å². The zero-order valence-corrected chi connectivity index (χ0v) is 13.4. The number of aryl methyl sites for hydroxylation is 1. The predicted octanol–water partition coefficient (Wildman–Crippen LogP) is 2.81. The van der Waals surface area contributed by atoms with Crippen LogP contribution in [0.1, 0.15) is 37.4 Å². The van der Waals surface area contributed by atoms with Gasteiger partial charge in [0.1, 0.15) is 0 Å². The van der Waals surface area contributed by atoms with Crippen LogP contribution in [0.3, 0.4) is 0 Å². The Balaban J connectivity index is 2.00. The SMILES string of the molecule is Cc1cccc(C(C)NC(=O)N2CC(C)CC(C(=O)O)C2)c1. The maximum Gasteiger partial charge on any atom is 0.317 e. The van der Waals surface area contributed by atoms with Crippen molar-refractivity contribution in [3.8, 4) is 0 Å². The molecule has 120 valence electrons. The maximum atomic E-state index is 12.4. The van der Waals surface area contributed by atoms with Gasteiger partial charge in [-0.3, -0.25) is 4.79 Å². The molecule has 1 heterocycles. The normalized spacial score (nSPS) is 23.0. The number of piperidine rings is 1. The second-order valence-corrected chi connectivity index (χ2v) is 6.37. The van der Waals surface area contributed by atoms with E-state index in [4.69, 9.17) is 0 Å². The number of hydrogen-bond donors (Lipinski definition) is 2. The number of carboxylic acid groups (broad SMARTS) is 1. The van der Waals surface area contributed by atoms with Crippen molar-refractivity contribution in [3.63, 3.8) is 0 Å². The van der Waals surface area contributed by atoms with E-state index in [-0.39, 0.29) is 24.5 Å². The zero-order chi connectivity index (χ0) is 16.3. The number of urea groups is 1. The number of aliphatic carboxylic acids is 1. The highest BCUT2D eigenvalue weighted by Gasteiger charge is 2.32. The molecule has 0 bridgehead atoms. The summed E-state index contributed by atoms with van der Waals surface area (Å²) in [5, 5.41) is 12.2. The molecule has 1 aromatic rings. The van der Waals surface area contributed by atoms with E-state index in [1.807, 2.05) is 45.0 Å². The Kier molecular flexibility index (Phi) is 5.06. The van der Waals surface area contributed by atoms with Gasteiger partial charge in [0.05, 0.1) is 12.0 Å². The lowest BCUT2D eigenvalue weighted by Crippen LogP contribution is -2.49. The van der Waals surface area contributed by atoms with Crippen molar-refractivity contribution in [2.45, 2.75) is 33.2 Å². The molecule has 22 heavy (non-hydrogen) atoms. The molecule has 1 aromatic carbocycles. The van der Waals surface area contributed by atoms with E-state index in [1.165, 1.54) is 0 Å². The highest BCUT2D eigenvalue weighted by Crippen LogP contribution is 2.22. The summed E-state index contributed by atoms with van der Waals surface area (Å²) in [5.41, 5.74) is 2.20. The van der Waals surface area contributed by atoms with Crippen LogP contribution in [0, 0.1) is 18.8 Å². The lowest BCUT2D eigenvalue weighted by Gasteiger charge is -2.35. The number of carbonyl (C=O) groups is 2. The molecule has 0 spiro atoms. The lowest BCUT2D eigenvalue weighted by molar-refractivity contribution is -0.143. The van der Waals surface area contributed by atoms with Gasteiger partial charge in [0.2, 0.25) is 0 Å². The minimum absolute atomic E-state index is 0.104. The highest BCUT2D eigenvalue weighted by molar-refractivity contribution is 5.77. The molecule has 1 aliphatic rings. The lowest BCUT2D eigenvalue weighted by atomic mass is 9.91. The number of carbonyl (C=O) groups excluding carboxylic acids is 1. The van der Waals surface area contributed by atoms with Crippen LogP contribution in [0.5, 0.6) is 0 Å². The average molecular weight is 304 g/mol. The second kappa shape index (κ2) is 6.81. The first-order chi connectivity index (χ1) is 10.4. The number of hydrogen-bond acceptors (Lipinski definition) is 2. The van der Waals surface area contributed by atoms with E-state index in [1.54, 1.807) is 4.90 Å². The van der Waals surface area contributed by atoms with Crippen molar-refractivity contribution < 1.29 is 14.7 Å².